The van der Waals surface area contributed by atoms with Crippen LogP contribution >= 0.6 is 12.2 Å². The van der Waals surface area contributed by atoms with E-state index in [9.17, 15) is 4.79 Å². The predicted octanol–water partition coefficient (Wildman–Crippen LogP) is 0.715. The van der Waals surface area contributed by atoms with Crippen molar-refractivity contribution in [3.63, 3.8) is 0 Å². The molecule has 0 bridgehead atoms. The Morgan fingerprint density at radius 3 is 2.94 bits per heavy atom. The number of esters is 1. The number of nitrogens with two attached hydrogens (primary N) is 1. The predicted molar refractivity (Wildman–Crippen MR) is 70.0 cm³/mol. The van der Waals surface area contributed by atoms with Gasteiger partial charge in [-0.1, -0.05) is 12.2 Å². The Morgan fingerprint density at radius 1 is 1.65 bits per heavy atom. The van der Waals surface area contributed by atoms with Crippen molar-refractivity contribution in [1.29, 1.82) is 0 Å². The molecule has 0 radical (unpaired) electrons. The van der Waals surface area contributed by atoms with Crippen molar-refractivity contribution in [2.24, 2.45) is 5.73 Å². The Labute approximate surface area is 106 Å². The first-order valence-electron chi connectivity index (χ1n) is 5.17. The fourth-order valence-electron chi connectivity index (χ4n) is 1.28. The van der Waals surface area contributed by atoms with Crippen molar-refractivity contribution in [3.05, 3.63) is 24.0 Å². The van der Waals surface area contributed by atoms with Crippen LogP contribution in [-0.2, 0) is 9.53 Å². The fourth-order valence-corrected chi connectivity index (χ4v) is 1.39. The Balaban J connectivity index is 2.75. The molecule has 1 heterocycles. The molecule has 0 spiro atoms. The number of hydrogen-bond donors (Lipinski definition) is 1. The third-order valence-corrected chi connectivity index (χ3v) is 2.32. The second-order valence-corrected chi connectivity index (χ2v) is 3.86. The highest BCUT2D eigenvalue weighted by molar-refractivity contribution is 7.80. The van der Waals surface area contributed by atoms with Gasteiger partial charge in [0.1, 0.15) is 11.5 Å². The second-order valence-electron chi connectivity index (χ2n) is 3.42. The normalized spacial score (nSPS) is 9.76. The van der Waals surface area contributed by atoms with Crippen molar-refractivity contribution in [2.75, 3.05) is 25.1 Å². The maximum absolute atomic E-state index is 11.3. The Hall–Kier alpha value is -1.69. The molecule has 0 aromatic carbocycles. The van der Waals surface area contributed by atoms with Crippen LogP contribution in [0, 0.1) is 0 Å². The van der Waals surface area contributed by atoms with Crippen LogP contribution in [0.4, 0.5) is 5.69 Å². The molecule has 0 unspecified atom stereocenters. The standard InChI is InChI=1S/C11H15N3O2S/c1-3-16-10(15)7-14(2)8-4-5-13-9(6-8)11(12)17/h4-6H,3,7H2,1-2H3,(H2,12,17). The Kier molecular flexibility index (Phi) is 4.84. The molecule has 6 heteroatoms. The van der Waals surface area contributed by atoms with Gasteiger partial charge in [0.25, 0.3) is 0 Å². The highest BCUT2D eigenvalue weighted by Gasteiger charge is 2.09. The van der Waals surface area contributed by atoms with Crippen molar-refractivity contribution in [3.8, 4) is 0 Å². The van der Waals surface area contributed by atoms with E-state index >= 15 is 0 Å². The van der Waals surface area contributed by atoms with Crippen LogP contribution in [0.25, 0.3) is 0 Å². The number of thiocarbonyl (C=S) groups is 1. The van der Waals surface area contributed by atoms with Gasteiger partial charge in [0, 0.05) is 18.9 Å². The first kappa shape index (κ1) is 13.4. The minimum Gasteiger partial charge on any atom is -0.465 e. The molecule has 0 fully saturated rings. The molecule has 1 rings (SSSR count). The molecule has 0 atom stereocenters. The number of rotatable bonds is 5. The molecule has 17 heavy (non-hydrogen) atoms. The third kappa shape index (κ3) is 3.99. The van der Waals surface area contributed by atoms with Gasteiger partial charge in [-0.05, 0) is 19.1 Å². The molecule has 0 saturated heterocycles. The molecule has 5 nitrogen and oxygen atoms in total. The lowest BCUT2D eigenvalue weighted by atomic mass is 10.3. The van der Waals surface area contributed by atoms with E-state index < -0.39 is 0 Å². The maximum Gasteiger partial charge on any atom is 0.325 e. The molecule has 0 saturated carbocycles. The third-order valence-electron chi connectivity index (χ3n) is 2.11. The summed E-state index contributed by atoms with van der Waals surface area (Å²) in [6.07, 6.45) is 1.60. The van der Waals surface area contributed by atoms with Gasteiger partial charge in [-0.15, -0.1) is 0 Å². The van der Waals surface area contributed by atoms with Gasteiger partial charge >= 0.3 is 5.97 Å². The summed E-state index contributed by atoms with van der Waals surface area (Å²) in [7, 11) is 1.79. The highest BCUT2D eigenvalue weighted by atomic mass is 32.1. The van der Waals surface area contributed by atoms with Crippen LogP contribution in [0.2, 0.25) is 0 Å². The summed E-state index contributed by atoms with van der Waals surface area (Å²) >= 11 is 4.84. The van der Waals surface area contributed by atoms with Crippen LogP contribution < -0.4 is 10.6 Å². The minimum absolute atomic E-state index is 0.175. The first-order chi connectivity index (χ1) is 8.04. The van der Waals surface area contributed by atoms with Gasteiger partial charge in [0.2, 0.25) is 0 Å². The summed E-state index contributed by atoms with van der Waals surface area (Å²) in [4.78, 5) is 17.3. The smallest absolute Gasteiger partial charge is 0.325 e. The van der Waals surface area contributed by atoms with E-state index in [0.29, 0.717) is 12.3 Å². The van der Waals surface area contributed by atoms with Crippen molar-refractivity contribution in [2.45, 2.75) is 6.92 Å². The van der Waals surface area contributed by atoms with Crippen LogP contribution in [0.15, 0.2) is 18.3 Å². The first-order valence-corrected chi connectivity index (χ1v) is 5.58. The molecular formula is C11H15N3O2S. The zero-order chi connectivity index (χ0) is 12.8. The van der Waals surface area contributed by atoms with Crippen LogP contribution in [-0.4, -0.2) is 36.1 Å². The van der Waals surface area contributed by atoms with Gasteiger partial charge in [0.05, 0.1) is 12.3 Å². The number of anilines is 1. The molecule has 1 aromatic heterocycles. The van der Waals surface area contributed by atoms with Gasteiger partial charge in [-0.2, -0.15) is 0 Å². The van der Waals surface area contributed by atoms with E-state index in [2.05, 4.69) is 4.98 Å². The zero-order valence-corrected chi connectivity index (χ0v) is 10.7. The zero-order valence-electron chi connectivity index (χ0n) is 9.84. The highest BCUT2D eigenvalue weighted by Crippen LogP contribution is 2.12. The topological polar surface area (TPSA) is 68.5 Å². The van der Waals surface area contributed by atoms with E-state index in [1.54, 1.807) is 37.2 Å². The van der Waals surface area contributed by atoms with Crippen LogP contribution in [0.1, 0.15) is 12.6 Å². The summed E-state index contributed by atoms with van der Waals surface area (Å²) in [6, 6.07) is 3.52. The number of nitrogens with zero attached hydrogens (tertiary/aromatic N) is 2. The number of ether oxygens (including phenoxy) is 1. The number of pyridine rings is 1. The molecule has 0 aliphatic heterocycles. The van der Waals surface area contributed by atoms with Gasteiger partial charge in [-0.3, -0.25) is 9.78 Å². The molecule has 0 amide bonds. The van der Waals surface area contributed by atoms with Crippen molar-refractivity contribution in [1.82, 2.24) is 4.98 Å². The van der Waals surface area contributed by atoms with Gasteiger partial charge in [0.15, 0.2) is 0 Å². The second kappa shape index (κ2) is 6.15. The van der Waals surface area contributed by atoms with E-state index in [-0.39, 0.29) is 17.5 Å². The summed E-state index contributed by atoms with van der Waals surface area (Å²) in [5.41, 5.74) is 6.84. The minimum atomic E-state index is -0.274. The number of hydrogen-bond acceptors (Lipinski definition) is 5. The number of carbonyl (C=O) groups is 1. The van der Waals surface area contributed by atoms with Gasteiger partial charge < -0.3 is 15.4 Å². The van der Waals surface area contributed by atoms with Crippen LogP contribution in [0.5, 0.6) is 0 Å². The lowest BCUT2D eigenvalue weighted by molar-refractivity contribution is -0.141. The monoisotopic (exact) mass is 253 g/mol. The molecule has 2 N–H and O–H groups in total. The van der Waals surface area contributed by atoms with Crippen LogP contribution in [0.3, 0.4) is 0 Å². The Bertz CT molecular complexity index is 423. The lowest BCUT2D eigenvalue weighted by Crippen LogP contribution is -2.27. The summed E-state index contributed by atoms with van der Waals surface area (Å²) in [5.74, 6) is -0.274. The molecule has 0 aliphatic carbocycles. The SMILES string of the molecule is CCOC(=O)CN(C)c1ccnc(C(N)=S)c1. The van der Waals surface area contributed by atoms with Crippen molar-refractivity contribution >= 4 is 28.9 Å². The van der Waals surface area contributed by atoms with Gasteiger partial charge in [-0.25, -0.2) is 0 Å². The number of aromatic nitrogens is 1. The van der Waals surface area contributed by atoms with E-state index in [4.69, 9.17) is 22.7 Å². The maximum atomic E-state index is 11.3. The lowest BCUT2D eigenvalue weighted by Gasteiger charge is -2.18. The van der Waals surface area contributed by atoms with E-state index in [0.717, 1.165) is 5.69 Å². The summed E-state index contributed by atoms with van der Waals surface area (Å²) in [5, 5.41) is 0. The number of carbonyl (C=O) groups excluding carboxylic acids is 1. The molecule has 92 valence electrons. The molecule has 0 aliphatic rings. The fraction of sp³-hybridized carbons (Fsp3) is 0.364. The summed E-state index contributed by atoms with van der Waals surface area (Å²) < 4.78 is 4.87. The van der Waals surface area contributed by atoms with E-state index in [1.165, 1.54) is 0 Å². The van der Waals surface area contributed by atoms with E-state index in [1.807, 2.05) is 0 Å². The average Bonchev–Trinajstić information content (AvgIpc) is 2.29. The largest absolute Gasteiger partial charge is 0.465 e. The molecular weight excluding hydrogens is 238 g/mol. The molecule has 1 aromatic rings. The number of likely N-dealkylation sites (N-methyl/N-ethyl adjacent to an activating group) is 1. The Morgan fingerprint density at radius 2 is 2.35 bits per heavy atom. The average molecular weight is 253 g/mol. The van der Waals surface area contributed by atoms with Crippen molar-refractivity contribution < 1.29 is 9.53 Å². The summed E-state index contributed by atoms with van der Waals surface area (Å²) in [6.45, 7) is 2.32. The quantitative estimate of drug-likeness (QED) is 0.616.